The van der Waals surface area contributed by atoms with Gasteiger partial charge in [-0.05, 0) is 72.9 Å². The minimum Gasteiger partial charge on any atom is -0.489 e. The molecule has 1 aliphatic carbocycles. The highest BCUT2D eigenvalue weighted by atomic mass is 19.1. The first-order chi connectivity index (χ1) is 12.1. The van der Waals surface area contributed by atoms with Crippen molar-refractivity contribution < 1.29 is 13.5 Å². The lowest BCUT2D eigenvalue weighted by atomic mass is 9.77. The molecule has 0 N–H and O–H groups in total. The van der Waals surface area contributed by atoms with E-state index in [1.54, 1.807) is 18.2 Å². The topological polar surface area (TPSA) is 9.23 Å². The van der Waals surface area contributed by atoms with Crippen LogP contribution in [0.25, 0.3) is 0 Å². The van der Waals surface area contributed by atoms with Crippen molar-refractivity contribution in [3.63, 3.8) is 0 Å². The van der Waals surface area contributed by atoms with Crippen LogP contribution in [0, 0.1) is 17.6 Å². The molecule has 0 saturated heterocycles. The highest BCUT2D eigenvalue weighted by molar-refractivity contribution is 5.32. The molecular formula is C22H26F2O. The summed E-state index contributed by atoms with van der Waals surface area (Å²) in [5.41, 5.74) is 1.91. The fourth-order valence-electron chi connectivity index (χ4n) is 3.84. The van der Waals surface area contributed by atoms with Crippen LogP contribution in [0.3, 0.4) is 0 Å². The van der Waals surface area contributed by atoms with Gasteiger partial charge in [0.25, 0.3) is 0 Å². The van der Waals surface area contributed by atoms with E-state index < -0.39 is 0 Å². The third-order valence-corrected chi connectivity index (χ3v) is 5.23. The molecule has 0 aromatic heterocycles. The lowest BCUT2D eigenvalue weighted by molar-refractivity contribution is 0.297. The van der Waals surface area contributed by atoms with Gasteiger partial charge in [-0.3, -0.25) is 0 Å². The summed E-state index contributed by atoms with van der Waals surface area (Å²) >= 11 is 0. The summed E-state index contributed by atoms with van der Waals surface area (Å²) in [6.07, 6.45) is 7.29. The van der Waals surface area contributed by atoms with Gasteiger partial charge in [-0.2, -0.15) is 0 Å². The number of ether oxygens (including phenoxy) is 1. The van der Waals surface area contributed by atoms with E-state index in [2.05, 4.69) is 6.92 Å². The Morgan fingerprint density at radius 2 is 1.64 bits per heavy atom. The second kappa shape index (κ2) is 8.46. The number of halogens is 2. The Bertz CT molecular complexity index is 673. The molecule has 25 heavy (non-hydrogen) atoms. The Labute approximate surface area is 149 Å². The summed E-state index contributed by atoms with van der Waals surface area (Å²) < 4.78 is 32.7. The molecule has 3 heteroatoms. The van der Waals surface area contributed by atoms with Crippen LogP contribution in [-0.4, -0.2) is 0 Å². The molecular weight excluding hydrogens is 318 g/mol. The van der Waals surface area contributed by atoms with Crippen LogP contribution in [-0.2, 0) is 6.61 Å². The molecule has 0 heterocycles. The van der Waals surface area contributed by atoms with E-state index in [0.717, 1.165) is 29.9 Å². The van der Waals surface area contributed by atoms with Crippen molar-refractivity contribution in [3.05, 3.63) is 65.2 Å². The summed E-state index contributed by atoms with van der Waals surface area (Å²) in [5.74, 6) is 1.30. The van der Waals surface area contributed by atoms with Gasteiger partial charge in [-0.1, -0.05) is 31.9 Å². The smallest absolute Gasteiger partial charge is 0.127 e. The highest BCUT2D eigenvalue weighted by Crippen LogP contribution is 2.38. The minimum absolute atomic E-state index is 0.248. The van der Waals surface area contributed by atoms with Gasteiger partial charge in [0.15, 0.2) is 0 Å². The predicted molar refractivity (Wildman–Crippen MR) is 96.7 cm³/mol. The number of rotatable bonds is 6. The molecule has 2 aromatic rings. The van der Waals surface area contributed by atoms with Crippen molar-refractivity contribution in [2.75, 3.05) is 0 Å². The molecule has 1 nitrogen and oxygen atoms in total. The Morgan fingerprint density at radius 3 is 2.32 bits per heavy atom. The van der Waals surface area contributed by atoms with Crippen molar-refractivity contribution in [3.8, 4) is 5.75 Å². The monoisotopic (exact) mass is 344 g/mol. The first kappa shape index (κ1) is 17.9. The van der Waals surface area contributed by atoms with E-state index in [0.29, 0.717) is 18.3 Å². The lowest BCUT2D eigenvalue weighted by Crippen LogP contribution is -2.13. The Morgan fingerprint density at radius 1 is 0.920 bits per heavy atom. The maximum Gasteiger partial charge on any atom is 0.127 e. The second-order valence-electron chi connectivity index (χ2n) is 7.14. The van der Waals surface area contributed by atoms with Crippen molar-refractivity contribution in [2.45, 2.75) is 58.0 Å². The maximum absolute atomic E-state index is 14.0. The third-order valence-electron chi connectivity index (χ3n) is 5.23. The van der Waals surface area contributed by atoms with Gasteiger partial charge in [0.05, 0.1) is 0 Å². The first-order valence-corrected chi connectivity index (χ1v) is 9.31. The summed E-state index contributed by atoms with van der Waals surface area (Å²) in [6, 6.07) is 11.2. The molecule has 1 aliphatic rings. The fourth-order valence-corrected chi connectivity index (χ4v) is 3.84. The van der Waals surface area contributed by atoms with Crippen LogP contribution in [0.4, 0.5) is 8.78 Å². The van der Waals surface area contributed by atoms with Crippen LogP contribution < -0.4 is 4.74 Å². The minimum atomic E-state index is -0.268. The van der Waals surface area contributed by atoms with Crippen LogP contribution in [0.5, 0.6) is 5.75 Å². The molecule has 0 amide bonds. The van der Waals surface area contributed by atoms with E-state index in [9.17, 15) is 8.78 Å². The second-order valence-corrected chi connectivity index (χ2v) is 7.14. The van der Waals surface area contributed by atoms with Crippen LogP contribution in [0.15, 0.2) is 42.5 Å². The molecule has 0 unspecified atom stereocenters. The SMILES string of the molecule is CCCC1CCC(c2cc(F)cc(OCc3ccc(F)cc3)c2)CC1. The fraction of sp³-hybridized carbons (Fsp3) is 0.455. The van der Waals surface area contributed by atoms with E-state index in [1.807, 2.05) is 6.07 Å². The largest absolute Gasteiger partial charge is 0.489 e. The summed E-state index contributed by atoms with van der Waals surface area (Å²) in [6.45, 7) is 2.55. The highest BCUT2D eigenvalue weighted by Gasteiger charge is 2.22. The zero-order valence-electron chi connectivity index (χ0n) is 14.8. The van der Waals surface area contributed by atoms with Crippen LogP contribution in [0.1, 0.15) is 62.5 Å². The van der Waals surface area contributed by atoms with Crippen molar-refractivity contribution >= 4 is 0 Å². The Kier molecular flexibility index (Phi) is 6.06. The molecule has 134 valence electrons. The number of benzene rings is 2. The van der Waals surface area contributed by atoms with E-state index in [-0.39, 0.29) is 11.6 Å². The van der Waals surface area contributed by atoms with E-state index in [1.165, 1.54) is 43.9 Å². The van der Waals surface area contributed by atoms with Gasteiger partial charge in [-0.25, -0.2) is 8.78 Å². The summed E-state index contributed by atoms with van der Waals surface area (Å²) in [7, 11) is 0. The average molecular weight is 344 g/mol. The van der Waals surface area contributed by atoms with Crippen LogP contribution in [0.2, 0.25) is 0 Å². The molecule has 1 saturated carbocycles. The van der Waals surface area contributed by atoms with Crippen molar-refractivity contribution in [1.82, 2.24) is 0 Å². The van der Waals surface area contributed by atoms with Gasteiger partial charge in [0.2, 0.25) is 0 Å². The predicted octanol–water partition coefficient (Wildman–Crippen LogP) is 6.62. The Hall–Kier alpha value is -1.90. The molecule has 3 rings (SSSR count). The van der Waals surface area contributed by atoms with Gasteiger partial charge in [-0.15, -0.1) is 0 Å². The molecule has 0 bridgehead atoms. The number of hydrogen-bond donors (Lipinski definition) is 0. The quantitative estimate of drug-likeness (QED) is 0.572. The molecule has 0 aliphatic heterocycles. The molecule has 0 atom stereocenters. The van der Waals surface area contributed by atoms with Gasteiger partial charge in [0, 0.05) is 6.07 Å². The van der Waals surface area contributed by atoms with Gasteiger partial charge in [0.1, 0.15) is 24.0 Å². The molecule has 0 radical (unpaired) electrons. The van der Waals surface area contributed by atoms with Gasteiger partial charge >= 0.3 is 0 Å². The molecule has 0 spiro atoms. The summed E-state index contributed by atoms with van der Waals surface area (Å²) in [5, 5.41) is 0. The Balaban J connectivity index is 1.63. The normalized spacial score (nSPS) is 20.4. The van der Waals surface area contributed by atoms with E-state index >= 15 is 0 Å². The molecule has 2 aromatic carbocycles. The zero-order chi connectivity index (χ0) is 17.6. The van der Waals surface area contributed by atoms with Crippen LogP contribution >= 0.6 is 0 Å². The van der Waals surface area contributed by atoms with Crippen molar-refractivity contribution in [1.29, 1.82) is 0 Å². The van der Waals surface area contributed by atoms with E-state index in [4.69, 9.17) is 4.74 Å². The van der Waals surface area contributed by atoms with Crippen molar-refractivity contribution in [2.24, 2.45) is 5.92 Å². The average Bonchev–Trinajstić information content (AvgIpc) is 2.62. The standard InChI is InChI=1S/C22H26F2O/c1-2-3-16-4-8-18(9-5-16)19-12-21(24)14-22(13-19)25-15-17-6-10-20(23)11-7-17/h6-7,10-14,16,18H,2-5,8-9,15H2,1H3. The first-order valence-electron chi connectivity index (χ1n) is 9.31. The maximum atomic E-state index is 14.0. The molecule has 1 fully saturated rings. The lowest BCUT2D eigenvalue weighted by Gasteiger charge is -2.28. The third kappa shape index (κ3) is 5.04. The zero-order valence-corrected chi connectivity index (χ0v) is 14.8. The van der Waals surface area contributed by atoms with Gasteiger partial charge < -0.3 is 4.74 Å². The summed E-state index contributed by atoms with van der Waals surface area (Å²) in [4.78, 5) is 0. The number of hydrogen-bond acceptors (Lipinski definition) is 1.